The van der Waals surface area contributed by atoms with Gasteiger partial charge < -0.3 is 9.80 Å². The van der Waals surface area contributed by atoms with Gasteiger partial charge in [0.25, 0.3) is 0 Å². The predicted molar refractivity (Wildman–Crippen MR) is 237 cm³/mol. The fourth-order valence-electron chi connectivity index (χ4n) is 8.66. The molecule has 0 fully saturated rings. The molecule has 1 aliphatic rings. The summed E-state index contributed by atoms with van der Waals surface area (Å²) in [6, 6.07) is 0. The minimum atomic E-state index is 0.636. The quantitative estimate of drug-likeness (QED) is 0.0576. The first kappa shape index (κ1) is 49.4. The van der Waals surface area contributed by atoms with E-state index in [2.05, 4.69) is 43.0 Å². The standard InChI is InChI=1S/C50H100N2/c1-4-7-10-13-16-19-22-25-26-29-32-35-38-41-44-47-52-49-48-51(46-43-40-37-34-31-28-24-21-18-15-12-9-6-3)50(52)45-42-39-36-33-30-27-23-20-17-14-11-8-5-2/h48-50H,4-47H2,1-3H3. The average molecular weight is 729 g/mol. The van der Waals surface area contributed by atoms with Gasteiger partial charge in [-0.1, -0.05) is 265 Å². The van der Waals surface area contributed by atoms with Gasteiger partial charge in [0.1, 0.15) is 6.17 Å². The number of unbranched alkanes of at least 4 members (excludes halogenated alkanes) is 38. The minimum Gasteiger partial charge on any atom is -0.356 e. The van der Waals surface area contributed by atoms with Crippen LogP contribution in [0.15, 0.2) is 12.4 Å². The van der Waals surface area contributed by atoms with E-state index in [1.807, 2.05) is 0 Å². The van der Waals surface area contributed by atoms with E-state index in [0.29, 0.717) is 6.17 Å². The van der Waals surface area contributed by atoms with Crippen molar-refractivity contribution < 1.29 is 0 Å². The number of hydrogen-bond donors (Lipinski definition) is 0. The summed E-state index contributed by atoms with van der Waals surface area (Å²) in [4.78, 5) is 5.48. The smallest absolute Gasteiger partial charge is 0.101 e. The van der Waals surface area contributed by atoms with E-state index in [-0.39, 0.29) is 0 Å². The highest BCUT2D eigenvalue weighted by molar-refractivity contribution is 4.97. The molecule has 52 heavy (non-hydrogen) atoms. The zero-order chi connectivity index (χ0) is 37.3. The molecule has 1 atom stereocenters. The molecule has 0 aliphatic carbocycles. The summed E-state index contributed by atoms with van der Waals surface area (Å²) < 4.78 is 0. The van der Waals surface area contributed by atoms with Gasteiger partial charge in [-0.25, -0.2) is 0 Å². The normalized spacial score (nSPS) is 14.4. The van der Waals surface area contributed by atoms with Crippen molar-refractivity contribution in [1.29, 1.82) is 0 Å². The molecular formula is C50H100N2. The molecular weight excluding hydrogens is 629 g/mol. The van der Waals surface area contributed by atoms with Crippen LogP contribution < -0.4 is 0 Å². The lowest BCUT2D eigenvalue weighted by Crippen LogP contribution is -2.39. The maximum atomic E-state index is 2.74. The van der Waals surface area contributed by atoms with E-state index in [0.717, 1.165) is 0 Å². The number of nitrogens with zero attached hydrogens (tertiary/aromatic N) is 2. The third kappa shape index (κ3) is 32.7. The zero-order valence-electron chi connectivity index (χ0n) is 36.7. The van der Waals surface area contributed by atoms with Gasteiger partial charge in [0.2, 0.25) is 0 Å². The molecule has 0 saturated heterocycles. The van der Waals surface area contributed by atoms with Crippen molar-refractivity contribution >= 4 is 0 Å². The van der Waals surface area contributed by atoms with Gasteiger partial charge in [0.05, 0.1) is 0 Å². The maximum absolute atomic E-state index is 2.74. The highest BCUT2D eigenvalue weighted by Crippen LogP contribution is 2.24. The Morgan fingerprint density at radius 1 is 0.250 bits per heavy atom. The van der Waals surface area contributed by atoms with Crippen molar-refractivity contribution in [3.63, 3.8) is 0 Å². The average Bonchev–Trinajstić information content (AvgIpc) is 3.54. The topological polar surface area (TPSA) is 6.48 Å². The monoisotopic (exact) mass is 729 g/mol. The summed E-state index contributed by atoms with van der Waals surface area (Å²) in [6.07, 6.45) is 66.4. The van der Waals surface area contributed by atoms with Crippen LogP contribution in [0.2, 0.25) is 0 Å². The Labute approximate surface area is 330 Å². The molecule has 2 nitrogen and oxygen atoms in total. The highest BCUT2D eigenvalue weighted by Gasteiger charge is 2.24. The first-order chi connectivity index (χ1) is 25.8. The van der Waals surface area contributed by atoms with E-state index >= 15 is 0 Å². The second kappa shape index (κ2) is 41.5. The van der Waals surface area contributed by atoms with E-state index in [1.54, 1.807) is 0 Å². The van der Waals surface area contributed by atoms with Crippen LogP contribution in [-0.4, -0.2) is 29.1 Å². The van der Waals surface area contributed by atoms with Crippen molar-refractivity contribution in [3.8, 4) is 0 Å². The SMILES string of the molecule is CCCCCCCCCCCCCCCCCN1C=CN(CCCCCCCCCCCCCCC)C1CCCCCCCCCCCCCCC. The van der Waals surface area contributed by atoms with Crippen molar-refractivity contribution in [3.05, 3.63) is 12.4 Å². The molecule has 1 aliphatic heterocycles. The van der Waals surface area contributed by atoms with Gasteiger partial charge in [0, 0.05) is 25.5 Å². The third-order valence-corrected chi connectivity index (χ3v) is 12.3. The minimum absolute atomic E-state index is 0.636. The Kier molecular flexibility index (Phi) is 39.4. The summed E-state index contributed by atoms with van der Waals surface area (Å²) in [5.74, 6) is 0. The van der Waals surface area contributed by atoms with Crippen LogP contribution in [0.25, 0.3) is 0 Å². The summed E-state index contributed by atoms with van der Waals surface area (Å²) in [5.41, 5.74) is 0. The lowest BCUT2D eigenvalue weighted by Gasteiger charge is -2.33. The summed E-state index contributed by atoms with van der Waals surface area (Å²) in [5, 5.41) is 0. The van der Waals surface area contributed by atoms with E-state index in [9.17, 15) is 0 Å². The Bertz CT molecular complexity index is 688. The van der Waals surface area contributed by atoms with Gasteiger partial charge in [-0.2, -0.15) is 0 Å². The molecule has 0 N–H and O–H groups in total. The fraction of sp³-hybridized carbons (Fsp3) is 0.960. The molecule has 0 aromatic carbocycles. The van der Waals surface area contributed by atoms with Crippen molar-refractivity contribution in [2.45, 2.75) is 297 Å². The second-order valence-electron chi connectivity index (χ2n) is 17.5. The molecule has 310 valence electrons. The molecule has 1 rings (SSSR count). The summed E-state index contributed by atoms with van der Waals surface area (Å²) in [7, 11) is 0. The van der Waals surface area contributed by atoms with Crippen LogP contribution in [0, 0.1) is 0 Å². The van der Waals surface area contributed by atoms with Crippen LogP contribution in [0.4, 0.5) is 0 Å². The van der Waals surface area contributed by atoms with Crippen LogP contribution in [0.1, 0.15) is 290 Å². The van der Waals surface area contributed by atoms with Crippen LogP contribution in [0.5, 0.6) is 0 Å². The molecule has 0 bridgehead atoms. The Balaban J connectivity index is 2.20. The lowest BCUT2D eigenvalue weighted by atomic mass is 10.0. The van der Waals surface area contributed by atoms with Gasteiger partial charge >= 0.3 is 0 Å². The van der Waals surface area contributed by atoms with E-state index in [4.69, 9.17) is 0 Å². The highest BCUT2D eigenvalue weighted by atomic mass is 15.4. The van der Waals surface area contributed by atoms with Gasteiger partial charge in [-0.05, 0) is 25.7 Å². The number of rotatable bonds is 44. The second-order valence-corrected chi connectivity index (χ2v) is 17.5. The first-order valence-corrected chi connectivity index (χ1v) is 25.0. The molecule has 0 amide bonds. The summed E-state index contributed by atoms with van der Waals surface area (Å²) in [6.45, 7) is 9.49. The molecule has 0 saturated carbocycles. The molecule has 1 heterocycles. The molecule has 0 aromatic rings. The molecule has 0 radical (unpaired) electrons. The Morgan fingerprint density at radius 3 is 0.673 bits per heavy atom. The summed E-state index contributed by atoms with van der Waals surface area (Å²) >= 11 is 0. The van der Waals surface area contributed by atoms with Gasteiger partial charge in [-0.3, -0.25) is 0 Å². The van der Waals surface area contributed by atoms with Crippen molar-refractivity contribution in [1.82, 2.24) is 9.80 Å². The van der Waals surface area contributed by atoms with Crippen LogP contribution in [-0.2, 0) is 0 Å². The predicted octanol–water partition coefficient (Wildman–Crippen LogP) is 17.8. The Morgan fingerprint density at radius 2 is 0.442 bits per heavy atom. The zero-order valence-corrected chi connectivity index (χ0v) is 36.7. The van der Waals surface area contributed by atoms with Crippen molar-refractivity contribution in [2.24, 2.45) is 0 Å². The molecule has 0 spiro atoms. The first-order valence-electron chi connectivity index (χ1n) is 25.0. The molecule has 2 heteroatoms. The number of hydrogen-bond acceptors (Lipinski definition) is 2. The molecule has 1 unspecified atom stereocenters. The van der Waals surface area contributed by atoms with E-state index < -0.39 is 0 Å². The lowest BCUT2D eigenvalue weighted by molar-refractivity contribution is 0.135. The largest absolute Gasteiger partial charge is 0.356 e. The van der Waals surface area contributed by atoms with Gasteiger partial charge in [-0.15, -0.1) is 0 Å². The third-order valence-electron chi connectivity index (χ3n) is 12.3. The fourth-order valence-corrected chi connectivity index (χ4v) is 8.66. The van der Waals surface area contributed by atoms with Gasteiger partial charge in [0.15, 0.2) is 0 Å². The Hall–Kier alpha value is -0.660. The van der Waals surface area contributed by atoms with E-state index in [1.165, 1.54) is 283 Å². The van der Waals surface area contributed by atoms with Crippen LogP contribution in [0.3, 0.4) is 0 Å². The van der Waals surface area contributed by atoms with Crippen LogP contribution >= 0.6 is 0 Å². The van der Waals surface area contributed by atoms with Crippen molar-refractivity contribution in [2.75, 3.05) is 13.1 Å². The maximum Gasteiger partial charge on any atom is 0.101 e. The molecule has 0 aromatic heterocycles.